The van der Waals surface area contributed by atoms with Crippen LogP contribution in [0.15, 0.2) is 40.6 Å². The number of sulfonamides is 1. The molecule has 1 saturated heterocycles. The van der Waals surface area contributed by atoms with E-state index in [0.29, 0.717) is 37.1 Å². The molecule has 2 fully saturated rings. The third-order valence-corrected chi connectivity index (χ3v) is 8.80. The third kappa shape index (κ3) is 4.85. The molecule has 1 amide bonds. The van der Waals surface area contributed by atoms with Crippen molar-refractivity contribution in [1.82, 2.24) is 9.21 Å². The lowest BCUT2D eigenvalue weighted by Gasteiger charge is -2.25. The van der Waals surface area contributed by atoms with Gasteiger partial charge >= 0.3 is 0 Å². The molecule has 0 bridgehead atoms. The van der Waals surface area contributed by atoms with E-state index in [2.05, 4.69) is 0 Å². The van der Waals surface area contributed by atoms with Crippen LogP contribution in [0, 0.1) is 0 Å². The Morgan fingerprint density at radius 1 is 1.17 bits per heavy atom. The molecule has 30 heavy (non-hydrogen) atoms. The lowest BCUT2D eigenvalue weighted by atomic mass is 10.2. The van der Waals surface area contributed by atoms with Crippen LogP contribution in [0.3, 0.4) is 0 Å². The number of hydrogen-bond acceptors (Lipinski definition) is 6. The molecule has 1 saturated carbocycles. The molecule has 162 valence electrons. The van der Waals surface area contributed by atoms with Gasteiger partial charge in [-0.1, -0.05) is 12.1 Å². The van der Waals surface area contributed by atoms with Crippen LogP contribution in [0.2, 0.25) is 0 Å². The molecule has 2 heterocycles. The highest BCUT2D eigenvalue weighted by Gasteiger charge is 2.33. The molecule has 0 spiro atoms. The van der Waals surface area contributed by atoms with E-state index < -0.39 is 10.0 Å². The number of amides is 1. The Hall–Kier alpha value is -1.94. The predicted molar refractivity (Wildman–Crippen MR) is 114 cm³/mol. The molecule has 0 atom stereocenters. The van der Waals surface area contributed by atoms with Crippen molar-refractivity contribution >= 4 is 27.3 Å². The van der Waals surface area contributed by atoms with Crippen molar-refractivity contribution < 1.29 is 22.7 Å². The number of rotatable bonds is 8. The number of nitrogens with zero attached hydrogens (tertiary/aromatic N) is 2. The molecule has 1 aromatic carbocycles. The van der Waals surface area contributed by atoms with E-state index in [1.807, 2.05) is 29.2 Å². The molecule has 0 radical (unpaired) electrons. The van der Waals surface area contributed by atoms with Gasteiger partial charge < -0.3 is 14.4 Å². The summed E-state index contributed by atoms with van der Waals surface area (Å²) in [6.07, 6.45) is 2.25. The Morgan fingerprint density at radius 2 is 1.87 bits per heavy atom. The lowest BCUT2D eigenvalue weighted by molar-refractivity contribution is -0.131. The highest BCUT2D eigenvalue weighted by molar-refractivity contribution is 7.91. The second-order valence-electron chi connectivity index (χ2n) is 7.51. The second kappa shape index (κ2) is 9.05. The number of morpholine rings is 1. The zero-order valence-corrected chi connectivity index (χ0v) is 18.6. The fraction of sp³-hybridized carbons (Fsp3) is 0.476. The Bertz CT molecular complexity index is 977. The van der Waals surface area contributed by atoms with Crippen molar-refractivity contribution in [3.63, 3.8) is 0 Å². The standard InChI is InChI=1S/C21H26N2O5S2/c1-27-18-6-2-16(3-7-18)15-23(17-4-5-17)20(24)14-19-8-9-21(29-19)30(25,26)22-10-12-28-13-11-22/h2-3,6-9,17H,4-5,10-15H2,1H3. The van der Waals surface area contributed by atoms with Crippen LogP contribution in [0.1, 0.15) is 23.3 Å². The number of carbonyl (C=O) groups excluding carboxylic acids is 1. The van der Waals surface area contributed by atoms with E-state index in [9.17, 15) is 13.2 Å². The summed E-state index contributed by atoms with van der Waals surface area (Å²) in [5.74, 6) is 0.820. The second-order valence-corrected chi connectivity index (χ2v) is 10.8. The summed E-state index contributed by atoms with van der Waals surface area (Å²) in [7, 11) is -1.89. The van der Waals surface area contributed by atoms with Crippen LogP contribution in [0.4, 0.5) is 0 Å². The largest absolute Gasteiger partial charge is 0.497 e. The van der Waals surface area contributed by atoms with Crippen LogP contribution in [-0.2, 0) is 32.5 Å². The lowest BCUT2D eigenvalue weighted by Crippen LogP contribution is -2.40. The third-order valence-electron chi connectivity index (χ3n) is 5.35. The van der Waals surface area contributed by atoms with Gasteiger partial charge in [0.15, 0.2) is 0 Å². The summed E-state index contributed by atoms with van der Waals surface area (Å²) in [5.41, 5.74) is 1.05. The predicted octanol–water partition coefficient (Wildman–Crippen LogP) is 2.51. The van der Waals surface area contributed by atoms with Crippen molar-refractivity contribution in [1.29, 1.82) is 0 Å². The van der Waals surface area contributed by atoms with Gasteiger partial charge in [-0.05, 0) is 42.7 Å². The smallest absolute Gasteiger partial charge is 0.252 e. The average molecular weight is 451 g/mol. The van der Waals surface area contributed by atoms with E-state index in [4.69, 9.17) is 9.47 Å². The van der Waals surface area contributed by atoms with Crippen molar-refractivity contribution in [2.75, 3.05) is 33.4 Å². The van der Waals surface area contributed by atoms with E-state index >= 15 is 0 Å². The molecule has 1 aromatic heterocycles. The SMILES string of the molecule is COc1ccc(CN(C(=O)Cc2ccc(S(=O)(=O)N3CCOCC3)s2)C2CC2)cc1. The molecule has 0 N–H and O–H groups in total. The van der Waals surface area contributed by atoms with Gasteiger partial charge in [-0.3, -0.25) is 4.79 Å². The molecule has 2 aliphatic rings. The first-order valence-electron chi connectivity index (χ1n) is 10.1. The zero-order valence-electron chi connectivity index (χ0n) is 17.0. The molecular formula is C21H26N2O5S2. The van der Waals surface area contributed by atoms with E-state index in [0.717, 1.165) is 29.0 Å². The van der Waals surface area contributed by atoms with Gasteiger partial charge in [0.25, 0.3) is 10.0 Å². The fourth-order valence-electron chi connectivity index (χ4n) is 3.49. The van der Waals surface area contributed by atoms with Crippen LogP contribution in [0.5, 0.6) is 5.75 Å². The highest BCUT2D eigenvalue weighted by atomic mass is 32.2. The zero-order chi connectivity index (χ0) is 21.1. The molecule has 9 heteroatoms. The van der Waals surface area contributed by atoms with Gasteiger partial charge in [-0.2, -0.15) is 4.31 Å². The Labute approximate surface area is 181 Å². The van der Waals surface area contributed by atoms with Crippen LogP contribution in [-0.4, -0.2) is 63.0 Å². The van der Waals surface area contributed by atoms with E-state index in [1.54, 1.807) is 19.2 Å². The average Bonchev–Trinajstić information content (AvgIpc) is 3.50. The first-order chi connectivity index (χ1) is 14.5. The van der Waals surface area contributed by atoms with Crippen LogP contribution < -0.4 is 4.74 Å². The van der Waals surface area contributed by atoms with E-state index in [-0.39, 0.29) is 18.4 Å². The minimum Gasteiger partial charge on any atom is -0.497 e. The van der Waals surface area contributed by atoms with Crippen LogP contribution >= 0.6 is 11.3 Å². The molecule has 2 aromatic rings. The summed E-state index contributed by atoms with van der Waals surface area (Å²) in [5, 5.41) is 0. The number of benzene rings is 1. The van der Waals surface area contributed by atoms with Crippen LogP contribution in [0.25, 0.3) is 0 Å². The van der Waals surface area contributed by atoms with Gasteiger partial charge in [0.1, 0.15) is 9.96 Å². The quantitative estimate of drug-likeness (QED) is 0.618. The minimum absolute atomic E-state index is 0.0329. The monoisotopic (exact) mass is 450 g/mol. The molecule has 0 unspecified atom stereocenters. The summed E-state index contributed by atoms with van der Waals surface area (Å²) < 4.78 is 37.8. The van der Waals surface area contributed by atoms with E-state index in [1.165, 1.54) is 15.6 Å². The molecule has 1 aliphatic heterocycles. The summed E-state index contributed by atoms with van der Waals surface area (Å²) >= 11 is 1.19. The number of methoxy groups -OCH3 is 1. The van der Waals surface area contributed by atoms with Gasteiger partial charge in [0, 0.05) is 30.6 Å². The molecular weight excluding hydrogens is 424 g/mol. The maximum absolute atomic E-state index is 13.0. The normalized spacial score (nSPS) is 17.6. The van der Waals surface area contributed by atoms with Gasteiger partial charge in [-0.15, -0.1) is 11.3 Å². The topological polar surface area (TPSA) is 76.2 Å². The number of ether oxygens (including phenoxy) is 2. The Balaban J connectivity index is 1.43. The first-order valence-corrected chi connectivity index (χ1v) is 12.3. The Kier molecular flexibility index (Phi) is 6.43. The summed E-state index contributed by atoms with van der Waals surface area (Å²) in [6.45, 7) is 2.12. The number of hydrogen-bond donors (Lipinski definition) is 0. The fourth-order valence-corrected chi connectivity index (χ4v) is 6.40. The minimum atomic E-state index is -3.52. The number of thiophene rings is 1. The highest BCUT2D eigenvalue weighted by Crippen LogP contribution is 2.31. The Morgan fingerprint density at radius 3 is 2.50 bits per heavy atom. The number of carbonyl (C=O) groups is 1. The first kappa shape index (κ1) is 21.3. The van der Waals surface area contributed by atoms with Crippen molar-refractivity contribution in [2.24, 2.45) is 0 Å². The van der Waals surface area contributed by atoms with Gasteiger partial charge in [0.05, 0.1) is 26.7 Å². The van der Waals surface area contributed by atoms with Gasteiger partial charge in [0.2, 0.25) is 5.91 Å². The van der Waals surface area contributed by atoms with Crippen molar-refractivity contribution in [2.45, 2.75) is 36.1 Å². The van der Waals surface area contributed by atoms with Crippen molar-refractivity contribution in [3.8, 4) is 5.75 Å². The molecule has 1 aliphatic carbocycles. The maximum atomic E-state index is 13.0. The molecule has 7 nitrogen and oxygen atoms in total. The van der Waals surface area contributed by atoms with Crippen molar-refractivity contribution in [3.05, 3.63) is 46.8 Å². The maximum Gasteiger partial charge on any atom is 0.252 e. The van der Waals surface area contributed by atoms with Gasteiger partial charge in [-0.25, -0.2) is 8.42 Å². The summed E-state index contributed by atoms with van der Waals surface area (Å²) in [6, 6.07) is 11.4. The molecule has 4 rings (SSSR count). The summed E-state index contributed by atoms with van der Waals surface area (Å²) in [4.78, 5) is 15.7.